The van der Waals surface area contributed by atoms with E-state index >= 15 is 0 Å². The Morgan fingerprint density at radius 3 is 2.41 bits per heavy atom. The summed E-state index contributed by atoms with van der Waals surface area (Å²) in [5, 5.41) is 3.94. The van der Waals surface area contributed by atoms with Crippen LogP contribution in [0.4, 0.5) is 0 Å². The molecule has 0 saturated heterocycles. The van der Waals surface area contributed by atoms with Crippen LogP contribution in [0.5, 0.6) is 0 Å². The Morgan fingerprint density at radius 1 is 1.12 bits per heavy atom. The molecule has 2 heteroatoms. The van der Waals surface area contributed by atoms with Crippen LogP contribution in [0.15, 0.2) is 0 Å². The molecule has 0 aromatic rings. The third-order valence-electron chi connectivity index (χ3n) is 5.36. The van der Waals surface area contributed by atoms with E-state index in [4.69, 9.17) is 5.73 Å². The van der Waals surface area contributed by atoms with E-state index in [0.29, 0.717) is 0 Å². The number of hydrogen-bond donors (Lipinski definition) is 2. The molecule has 0 radical (unpaired) electrons. The second-order valence-electron chi connectivity index (χ2n) is 6.94. The first-order valence-electron chi connectivity index (χ1n) is 7.52. The molecule has 0 bridgehead atoms. The van der Waals surface area contributed by atoms with Crippen LogP contribution in [0.25, 0.3) is 0 Å². The van der Waals surface area contributed by atoms with Crippen LogP contribution >= 0.6 is 0 Å². The Labute approximate surface area is 107 Å². The van der Waals surface area contributed by atoms with Gasteiger partial charge in [-0.25, -0.2) is 0 Å². The molecular formula is C15H30N2. The summed E-state index contributed by atoms with van der Waals surface area (Å²) < 4.78 is 0. The molecule has 3 N–H and O–H groups in total. The maximum absolute atomic E-state index is 6.10. The van der Waals surface area contributed by atoms with Crippen LogP contribution in [-0.2, 0) is 0 Å². The molecule has 0 spiro atoms. The van der Waals surface area contributed by atoms with Crippen molar-refractivity contribution in [3.63, 3.8) is 0 Å². The standard InChI is InChI=1S/C15H30N2/c1-11-4-5-14(8-11)17-15(10-16)7-6-12(2)13(3)9-15/h11-14,17H,4-10,16H2,1-3H3. The predicted octanol–water partition coefficient (Wildman–Crippen LogP) is 2.92. The minimum Gasteiger partial charge on any atom is -0.329 e. The van der Waals surface area contributed by atoms with Crippen molar-refractivity contribution < 1.29 is 0 Å². The zero-order chi connectivity index (χ0) is 12.5. The van der Waals surface area contributed by atoms with Crippen LogP contribution in [0.1, 0.15) is 59.3 Å². The maximum atomic E-state index is 6.10. The van der Waals surface area contributed by atoms with Crippen molar-refractivity contribution in [3.8, 4) is 0 Å². The molecule has 2 fully saturated rings. The Hall–Kier alpha value is -0.0800. The molecule has 2 nitrogen and oxygen atoms in total. The molecule has 0 aromatic heterocycles. The minimum absolute atomic E-state index is 0.251. The normalized spacial score (nSPS) is 47.3. The highest BCUT2D eigenvalue weighted by atomic mass is 15.0. The molecule has 5 unspecified atom stereocenters. The molecule has 2 aliphatic carbocycles. The van der Waals surface area contributed by atoms with Gasteiger partial charge in [-0.15, -0.1) is 0 Å². The van der Waals surface area contributed by atoms with Gasteiger partial charge in [0, 0.05) is 18.1 Å². The highest BCUT2D eigenvalue weighted by Gasteiger charge is 2.38. The molecule has 0 amide bonds. The zero-order valence-electron chi connectivity index (χ0n) is 11.8. The average molecular weight is 238 g/mol. The maximum Gasteiger partial charge on any atom is 0.0309 e. The van der Waals surface area contributed by atoms with Crippen molar-refractivity contribution in [1.29, 1.82) is 0 Å². The summed E-state index contributed by atoms with van der Waals surface area (Å²) in [4.78, 5) is 0. The molecule has 2 aliphatic rings. The second-order valence-corrected chi connectivity index (χ2v) is 6.94. The lowest BCUT2D eigenvalue weighted by Crippen LogP contribution is -2.57. The van der Waals surface area contributed by atoms with Gasteiger partial charge in [0.05, 0.1) is 0 Å². The van der Waals surface area contributed by atoms with Crippen molar-refractivity contribution in [2.45, 2.75) is 70.9 Å². The molecule has 0 aliphatic heterocycles. The first-order valence-corrected chi connectivity index (χ1v) is 7.52. The largest absolute Gasteiger partial charge is 0.329 e. The van der Waals surface area contributed by atoms with Crippen molar-refractivity contribution in [1.82, 2.24) is 5.32 Å². The molecular weight excluding hydrogens is 208 g/mol. The van der Waals surface area contributed by atoms with Gasteiger partial charge < -0.3 is 11.1 Å². The van der Waals surface area contributed by atoms with Gasteiger partial charge in [-0.3, -0.25) is 0 Å². The van der Waals surface area contributed by atoms with Crippen molar-refractivity contribution in [3.05, 3.63) is 0 Å². The van der Waals surface area contributed by atoms with Gasteiger partial charge in [0.2, 0.25) is 0 Å². The van der Waals surface area contributed by atoms with Gasteiger partial charge >= 0.3 is 0 Å². The third kappa shape index (κ3) is 3.03. The number of nitrogens with two attached hydrogens (primary N) is 1. The van der Waals surface area contributed by atoms with Gasteiger partial charge in [0.15, 0.2) is 0 Å². The van der Waals surface area contributed by atoms with Crippen molar-refractivity contribution >= 4 is 0 Å². The van der Waals surface area contributed by atoms with Gasteiger partial charge in [0.25, 0.3) is 0 Å². The van der Waals surface area contributed by atoms with Gasteiger partial charge in [-0.1, -0.05) is 20.8 Å². The topological polar surface area (TPSA) is 38.0 Å². The molecule has 0 heterocycles. The summed E-state index contributed by atoms with van der Waals surface area (Å²) in [6.45, 7) is 7.98. The summed E-state index contributed by atoms with van der Waals surface area (Å²) in [5.74, 6) is 2.60. The smallest absolute Gasteiger partial charge is 0.0309 e. The van der Waals surface area contributed by atoms with Gasteiger partial charge in [0.1, 0.15) is 0 Å². The minimum atomic E-state index is 0.251. The van der Waals surface area contributed by atoms with E-state index in [9.17, 15) is 0 Å². The van der Waals surface area contributed by atoms with Crippen LogP contribution in [0, 0.1) is 17.8 Å². The molecule has 0 aromatic carbocycles. The van der Waals surface area contributed by atoms with Crippen molar-refractivity contribution in [2.24, 2.45) is 23.5 Å². The Morgan fingerprint density at radius 2 is 1.88 bits per heavy atom. The van der Waals surface area contributed by atoms with Crippen LogP contribution in [0.2, 0.25) is 0 Å². The summed E-state index contributed by atoms with van der Waals surface area (Å²) >= 11 is 0. The molecule has 2 rings (SSSR count). The van der Waals surface area contributed by atoms with E-state index in [2.05, 4.69) is 26.1 Å². The first-order chi connectivity index (χ1) is 8.04. The second kappa shape index (κ2) is 5.27. The SMILES string of the molecule is CC1CCC(NC2(CN)CCC(C)C(C)C2)C1. The Bertz CT molecular complexity index is 253. The molecule has 100 valence electrons. The predicted molar refractivity (Wildman–Crippen MR) is 73.9 cm³/mol. The van der Waals surface area contributed by atoms with E-state index in [1.165, 1.54) is 38.5 Å². The van der Waals surface area contributed by atoms with E-state index in [1.54, 1.807) is 0 Å². The van der Waals surface area contributed by atoms with Gasteiger partial charge in [-0.05, 0) is 56.3 Å². The lowest BCUT2D eigenvalue weighted by molar-refractivity contribution is 0.133. The number of nitrogens with one attached hydrogen (secondary N) is 1. The number of rotatable bonds is 3. The fourth-order valence-corrected chi connectivity index (χ4v) is 3.85. The Balaban J connectivity index is 1.95. The summed E-state index contributed by atoms with van der Waals surface area (Å²) in [6.07, 6.45) is 7.99. The zero-order valence-corrected chi connectivity index (χ0v) is 11.8. The summed E-state index contributed by atoms with van der Waals surface area (Å²) in [6, 6.07) is 0.731. The monoisotopic (exact) mass is 238 g/mol. The lowest BCUT2D eigenvalue weighted by atomic mass is 9.71. The fourth-order valence-electron chi connectivity index (χ4n) is 3.85. The molecule has 2 saturated carbocycles. The molecule has 5 atom stereocenters. The van der Waals surface area contributed by atoms with E-state index in [1.807, 2.05) is 0 Å². The molecule has 17 heavy (non-hydrogen) atoms. The van der Waals surface area contributed by atoms with Crippen LogP contribution < -0.4 is 11.1 Å². The van der Waals surface area contributed by atoms with E-state index in [-0.39, 0.29) is 5.54 Å². The summed E-state index contributed by atoms with van der Waals surface area (Å²) in [5.41, 5.74) is 6.35. The third-order valence-corrected chi connectivity index (χ3v) is 5.36. The highest BCUT2D eigenvalue weighted by molar-refractivity contribution is 4.98. The van der Waals surface area contributed by atoms with E-state index in [0.717, 1.165) is 30.3 Å². The fraction of sp³-hybridized carbons (Fsp3) is 1.00. The first kappa shape index (κ1) is 13.4. The summed E-state index contributed by atoms with van der Waals surface area (Å²) in [7, 11) is 0. The highest BCUT2D eigenvalue weighted by Crippen LogP contribution is 2.37. The van der Waals surface area contributed by atoms with Gasteiger partial charge in [-0.2, -0.15) is 0 Å². The lowest BCUT2D eigenvalue weighted by Gasteiger charge is -2.44. The van der Waals surface area contributed by atoms with Crippen molar-refractivity contribution in [2.75, 3.05) is 6.54 Å². The Kier molecular flexibility index (Phi) is 4.14. The number of hydrogen-bond acceptors (Lipinski definition) is 2. The van der Waals surface area contributed by atoms with Crippen LogP contribution in [-0.4, -0.2) is 18.1 Å². The van der Waals surface area contributed by atoms with Crippen LogP contribution in [0.3, 0.4) is 0 Å². The van der Waals surface area contributed by atoms with E-state index < -0.39 is 0 Å². The average Bonchev–Trinajstić information content (AvgIpc) is 2.69. The quantitative estimate of drug-likeness (QED) is 0.793.